The Hall–Kier alpha value is -1.66. The lowest BCUT2D eigenvalue weighted by Gasteiger charge is -2.45. The normalized spacial score (nSPS) is 32.2. The zero-order chi connectivity index (χ0) is 32.5. The molecule has 1 atom stereocenters. The van der Waals surface area contributed by atoms with E-state index in [0.29, 0.717) is 12.7 Å². The predicted octanol–water partition coefficient (Wildman–Crippen LogP) is 9.84. The molecular formula is C40H66O6. The van der Waals surface area contributed by atoms with E-state index in [2.05, 4.69) is 13.2 Å². The smallest absolute Gasteiger partial charge is 0.330 e. The molecule has 0 aromatic heterocycles. The standard InChI is InChI=1S/C40H66O6/c1-3-38(41)44-30-10-6-5-9-29-43-36-23-21-34(22-24-36)18-17-32-13-15-33(16-14-32)19-20-35-25-27-40(28-26-35)37(46-39(42)4-2)12-8-7-11-31-45-40/h3-4,32-37H,1-2,5-31H2. The molecule has 1 heterocycles. The second-order valence-corrected chi connectivity index (χ2v) is 15.2. The minimum Gasteiger partial charge on any atom is -0.463 e. The minimum atomic E-state index is -0.325. The molecule has 0 bridgehead atoms. The van der Waals surface area contributed by atoms with Crippen molar-refractivity contribution in [1.82, 2.24) is 0 Å². The van der Waals surface area contributed by atoms with Crippen LogP contribution in [0.3, 0.4) is 0 Å². The fourth-order valence-electron chi connectivity index (χ4n) is 8.89. The lowest BCUT2D eigenvalue weighted by Crippen LogP contribution is -2.50. The summed E-state index contributed by atoms with van der Waals surface area (Å²) < 4.78 is 23.6. The summed E-state index contributed by atoms with van der Waals surface area (Å²) in [7, 11) is 0. The molecule has 0 amide bonds. The summed E-state index contributed by atoms with van der Waals surface area (Å²) in [5, 5.41) is 0. The molecule has 46 heavy (non-hydrogen) atoms. The van der Waals surface area contributed by atoms with Crippen molar-refractivity contribution in [2.45, 2.75) is 172 Å². The summed E-state index contributed by atoms with van der Waals surface area (Å²) in [4.78, 5) is 23.1. The van der Waals surface area contributed by atoms with E-state index in [9.17, 15) is 9.59 Å². The molecule has 1 unspecified atom stereocenters. The Morgan fingerprint density at radius 3 is 1.76 bits per heavy atom. The third-order valence-corrected chi connectivity index (χ3v) is 12.0. The van der Waals surface area contributed by atoms with Crippen molar-refractivity contribution in [3.05, 3.63) is 25.3 Å². The van der Waals surface area contributed by atoms with E-state index >= 15 is 0 Å². The van der Waals surface area contributed by atoms with Crippen LogP contribution in [0.5, 0.6) is 0 Å². The van der Waals surface area contributed by atoms with Crippen LogP contribution in [0.25, 0.3) is 0 Å². The monoisotopic (exact) mass is 642 g/mol. The Kier molecular flexibility index (Phi) is 16.7. The molecule has 6 heteroatoms. The van der Waals surface area contributed by atoms with Crippen LogP contribution in [0.2, 0.25) is 0 Å². The molecule has 3 saturated carbocycles. The van der Waals surface area contributed by atoms with E-state index in [1.807, 2.05) is 0 Å². The largest absolute Gasteiger partial charge is 0.463 e. The van der Waals surface area contributed by atoms with Crippen LogP contribution in [0.4, 0.5) is 0 Å². The van der Waals surface area contributed by atoms with Crippen LogP contribution in [-0.4, -0.2) is 49.6 Å². The number of hydrogen-bond donors (Lipinski definition) is 0. The summed E-state index contributed by atoms with van der Waals surface area (Å²) in [6, 6.07) is 0. The van der Waals surface area contributed by atoms with Gasteiger partial charge in [-0.15, -0.1) is 0 Å². The first-order chi connectivity index (χ1) is 22.5. The molecule has 1 spiro atoms. The third-order valence-electron chi connectivity index (χ3n) is 12.0. The van der Waals surface area contributed by atoms with Crippen molar-refractivity contribution in [3.63, 3.8) is 0 Å². The second-order valence-electron chi connectivity index (χ2n) is 15.2. The molecule has 4 rings (SSSR count). The van der Waals surface area contributed by atoms with Crippen LogP contribution in [0.1, 0.15) is 154 Å². The number of carbonyl (C=O) groups is 2. The number of carbonyl (C=O) groups excluding carboxylic acids is 2. The molecule has 262 valence electrons. The van der Waals surface area contributed by atoms with Gasteiger partial charge in [0.25, 0.3) is 0 Å². The second kappa shape index (κ2) is 20.6. The molecule has 4 fully saturated rings. The van der Waals surface area contributed by atoms with Gasteiger partial charge < -0.3 is 18.9 Å². The van der Waals surface area contributed by atoms with Gasteiger partial charge in [-0.2, -0.15) is 0 Å². The molecule has 3 aliphatic carbocycles. The first-order valence-electron chi connectivity index (χ1n) is 19.4. The first-order valence-corrected chi connectivity index (χ1v) is 19.4. The maximum Gasteiger partial charge on any atom is 0.330 e. The van der Waals surface area contributed by atoms with E-state index in [1.165, 1.54) is 102 Å². The highest BCUT2D eigenvalue weighted by atomic mass is 16.6. The highest BCUT2D eigenvalue weighted by Gasteiger charge is 2.45. The van der Waals surface area contributed by atoms with Gasteiger partial charge in [-0.25, -0.2) is 9.59 Å². The Labute approximate surface area is 280 Å². The molecule has 1 aliphatic heterocycles. The van der Waals surface area contributed by atoms with Crippen LogP contribution >= 0.6 is 0 Å². The summed E-state index contributed by atoms with van der Waals surface area (Å²) >= 11 is 0. The van der Waals surface area contributed by atoms with Crippen LogP contribution in [-0.2, 0) is 28.5 Å². The van der Waals surface area contributed by atoms with Gasteiger partial charge >= 0.3 is 11.9 Å². The molecule has 0 aromatic rings. The molecule has 4 aliphatic rings. The van der Waals surface area contributed by atoms with Gasteiger partial charge in [0.2, 0.25) is 0 Å². The molecule has 0 radical (unpaired) electrons. The third kappa shape index (κ3) is 12.7. The van der Waals surface area contributed by atoms with Gasteiger partial charge in [0.15, 0.2) is 0 Å². The fraction of sp³-hybridized carbons (Fsp3) is 0.850. The Morgan fingerprint density at radius 1 is 0.630 bits per heavy atom. The van der Waals surface area contributed by atoms with Gasteiger partial charge in [-0.3, -0.25) is 0 Å². The van der Waals surface area contributed by atoms with Crippen LogP contribution in [0, 0.1) is 23.7 Å². The van der Waals surface area contributed by atoms with Crippen molar-refractivity contribution in [2.75, 3.05) is 19.8 Å². The Morgan fingerprint density at radius 2 is 1.17 bits per heavy atom. The maximum absolute atomic E-state index is 12.1. The fourth-order valence-corrected chi connectivity index (χ4v) is 8.89. The molecular weight excluding hydrogens is 576 g/mol. The van der Waals surface area contributed by atoms with E-state index in [-0.39, 0.29) is 23.6 Å². The van der Waals surface area contributed by atoms with Crippen LogP contribution in [0.15, 0.2) is 25.3 Å². The number of hydrogen-bond acceptors (Lipinski definition) is 6. The lowest BCUT2D eigenvalue weighted by molar-refractivity contribution is -0.185. The average molecular weight is 643 g/mol. The van der Waals surface area contributed by atoms with E-state index in [0.717, 1.165) is 101 Å². The average Bonchev–Trinajstić information content (AvgIpc) is 3.08. The van der Waals surface area contributed by atoms with Crippen molar-refractivity contribution in [2.24, 2.45) is 23.7 Å². The Bertz CT molecular complexity index is 891. The molecule has 0 N–H and O–H groups in total. The van der Waals surface area contributed by atoms with Gasteiger partial charge in [-0.05, 0) is 114 Å². The number of ether oxygens (including phenoxy) is 4. The molecule has 1 saturated heterocycles. The summed E-state index contributed by atoms with van der Waals surface area (Å²) in [6.45, 7) is 9.20. The highest BCUT2D eigenvalue weighted by Crippen LogP contribution is 2.44. The van der Waals surface area contributed by atoms with Gasteiger partial charge in [0.05, 0.1) is 12.7 Å². The van der Waals surface area contributed by atoms with Gasteiger partial charge in [-0.1, -0.05) is 77.4 Å². The number of unbranched alkanes of at least 4 members (excludes halogenated alkanes) is 3. The Balaban J connectivity index is 1.01. The maximum atomic E-state index is 12.1. The van der Waals surface area contributed by atoms with Gasteiger partial charge in [0.1, 0.15) is 11.7 Å². The van der Waals surface area contributed by atoms with E-state index < -0.39 is 0 Å². The summed E-state index contributed by atoms with van der Waals surface area (Å²) in [5.41, 5.74) is -0.271. The van der Waals surface area contributed by atoms with Crippen molar-refractivity contribution < 1.29 is 28.5 Å². The van der Waals surface area contributed by atoms with Crippen LogP contribution < -0.4 is 0 Å². The zero-order valence-corrected chi connectivity index (χ0v) is 29.1. The summed E-state index contributed by atoms with van der Waals surface area (Å²) in [6.07, 6.45) is 32.5. The van der Waals surface area contributed by atoms with E-state index in [4.69, 9.17) is 18.9 Å². The quantitative estimate of drug-likeness (QED) is 0.0894. The first kappa shape index (κ1) is 37.2. The predicted molar refractivity (Wildman–Crippen MR) is 184 cm³/mol. The lowest BCUT2D eigenvalue weighted by atomic mass is 9.71. The summed E-state index contributed by atoms with van der Waals surface area (Å²) in [5.74, 6) is 2.96. The van der Waals surface area contributed by atoms with Gasteiger partial charge in [0, 0.05) is 25.4 Å². The zero-order valence-electron chi connectivity index (χ0n) is 29.1. The van der Waals surface area contributed by atoms with Crippen molar-refractivity contribution >= 4 is 11.9 Å². The highest BCUT2D eigenvalue weighted by molar-refractivity contribution is 5.81. The molecule has 0 aromatic carbocycles. The number of rotatable bonds is 17. The van der Waals surface area contributed by atoms with E-state index in [1.54, 1.807) is 0 Å². The minimum absolute atomic E-state index is 0.117. The molecule has 6 nitrogen and oxygen atoms in total. The topological polar surface area (TPSA) is 71.1 Å². The number of esters is 2. The van der Waals surface area contributed by atoms with Crippen molar-refractivity contribution in [1.29, 1.82) is 0 Å². The van der Waals surface area contributed by atoms with Crippen molar-refractivity contribution in [3.8, 4) is 0 Å². The SMILES string of the molecule is C=CC(=O)OCCCCCCOC1CCC(CCC2CCC(CCC3CCC4(CC3)OCCCCCC4OC(=O)C=C)CC2)CC1.